The minimum Gasteiger partial charge on any atom is -0.381 e. The van der Waals surface area contributed by atoms with E-state index in [0.717, 1.165) is 18.7 Å². The zero-order valence-electron chi connectivity index (χ0n) is 10.2. The summed E-state index contributed by atoms with van der Waals surface area (Å²) in [6.07, 6.45) is 2.76. The lowest BCUT2D eigenvalue weighted by molar-refractivity contribution is 0.628. The van der Waals surface area contributed by atoms with Gasteiger partial charge in [0.15, 0.2) is 0 Å². The maximum absolute atomic E-state index is 12.8. The Morgan fingerprint density at radius 3 is 2.33 bits per heavy atom. The van der Waals surface area contributed by atoms with Crippen molar-refractivity contribution in [3.63, 3.8) is 0 Å². The van der Waals surface area contributed by atoms with Gasteiger partial charge < -0.3 is 5.32 Å². The van der Waals surface area contributed by atoms with Crippen LogP contribution in [0, 0.1) is 5.82 Å². The molecule has 0 radical (unpaired) electrons. The van der Waals surface area contributed by atoms with E-state index in [0.29, 0.717) is 0 Å². The Hall–Kier alpha value is -2.09. The average molecular weight is 241 g/mol. The molecule has 0 aliphatic carbocycles. The van der Waals surface area contributed by atoms with Crippen molar-refractivity contribution < 1.29 is 4.39 Å². The molecule has 0 heterocycles. The first-order chi connectivity index (χ1) is 8.79. The summed E-state index contributed by atoms with van der Waals surface area (Å²) in [5, 5.41) is 3.29. The number of anilines is 1. The van der Waals surface area contributed by atoms with Crippen molar-refractivity contribution in [3.05, 3.63) is 78.1 Å². The minimum atomic E-state index is -0.215. The summed E-state index contributed by atoms with van der Waals surface area (Å²) < 4.78 is 12.8. The quantitative estimate of drug-likeness (QED) is 0.775. The van der Waals surface area contributed by atoms with Crippen molar-refractivity contribution in [2.24, 2.45) is 0 Å². The van der Waals surface area contributed by atoms with Crippen LogP contribution in [0.4, 0.5) is 10.1 Å². The largest absolute Gasteiger partial charge is 0.381 e. The van der Waals surface area contributed by atoms with Gasteiger partial charge in [0.2, 0.25) is 0 Å². The van der Waals surface area contributed by atoms with Crippen LogP contribution < -0.4 is 5.32 Å². The molecule has 2 rings (SSSR count). The maximum Gasteiger partial charge on any atom is 0.123 e. The fourth-order valence-corrected chi connectivity index (χ4v) is 1.85. The third-order valence-corrected chi connectivity index (χ3v) is 2.81. The average Bonchev–Trinajstić information content (AvgIpc) is 2.40. The van der Waals surface area contributed by atoms with E-state index in [9.17, 15) is 4.39 Å². The molecule has 0 saturated carbocycles. The molecule has 18 heavy (non-hydrogen) atoms. The Balaban J connectivity index is 2.05. The van der Waals surface area contributed by atoms with Crippen LogP contribution in [0.3, 0.4) is 0 Å². The van der Waals surface area contributed by atoms with Crippen molar-refractivity contribution in [2.75, 3.05) is 5.32 Å². The van der Waals surface area contributed by atoms with Gasteiger partial charge in [-0.05, 0) is 41.8 Å². The smallest absolute Gasteiger partial charge is 0.123 e. The van der Waals surface area contributed by atoms with Gasteiger partial charge in [-0.25, -0.2) is 4.39 Å². The van der Waals surface area contributed by atoms with E-state index in [2.05, 4.69) is 24.0 Å². The van der Waals surface area contributed by atoms with Gasteiger partial charge in [-0.2, -0.15) is 0 Å². The SMILES string of the molecule is C=CCc1ccccc1CNc1ccc(F)cc1. The Kier molecular flexibility index (Phi) is 4.13. The predicted octanol–water partition coefficient (Wildman–Crippen LogP) is 4.17. The summed E-state index contributed by atoms with van der Waals surface area (Å²) in [5.74, 6) is -0.215. The Morgan fingerprint density at radius 1 is 1.00 bits per heavy atom. The zero-order chi connectivity index (χ0) is 12.8. The highest BCUT2D eigenvalue weighted by Crippen LogP contribution is 2.14. The Labute approximate surface area is 107 Å². The number of allylic oxidation sites excluding steroid dienone is 1. The second-order valence-electron chi connectivity index (χ2n) is 4.12. The highest BCUT2D eigenvalue weighted by molar-refractivity contribution is 5.44. The number of benzene rings is 2. The molecule has 0 saturated heterocycles. The van der Waals surface area contributed by atoms with Gasteiger partial charge in [0.25, 0.3) is 0 Å². The molecule has 0 aliphatic rings. The molecule has 92 valence electrons. The van der Waals surface area contributed by atoms with Crippen LogP contribution >= 0.6 is 0 Å². The molecule has 0 fully saturated rings. The van der Waals surface area contributed by atoms with E-state index in [-0.39, 0.29) is 5.82 Å². The van der Waals surface area contributed by atoms with Gasteiger partial charge in [0.05, 0.1) is 0 Å². The summed E-state index contributed by atoms with van der Waals surface area (Å²) >= 11 is 0. The van der Waals surface area contributed by atoms with Crippen LogP contribution in [0.25, 0.3) is 0 Å². The lowest BCUT2D eigenvalue weighted by Gasteiger charge is -2.10. The summed E-state index contributed by atoms with van der Waals surface area (Å²) in [5.41, 5.74) is 3.42. The van der Waals surface area contributed by atoms with Gasteiger partial charge >= 0.3 is 0 Å². The first kappa shape index (κ1) is 12.4. The molecule has 0 spiro atoms. The molecule has 2 aromatic carbocycles. The van der Waals surface area contributed by atoms with Gasteiger partial charge in [-0.1, -0.05) is 30.3 Å². The van der Waals surface area contributed by atoms with E-state index >= 15 is 0 Å². The molecule has 1 N–H and O–H groups in total. The number of nitrogens with one attached hydrogen (secondary N) is 1. The molecule has 0 bridgehead atoms. The van der Waals surface area contributed by atoms with Crippen molar-refractivity contribution in [3.8, 4) is 0 Å². The fourth-order valence-electron chi connectivity index (χ4n) is 1.85. The van der Waals surface area contributed by atoms with Gasteiger partial charge in [-0.3, -0.25) is 0 Å². The summed E-state index contributed by atoms with van der Waals surface area (Å²) in [4.78, 5) is 0. The molecule has 0 aromatic heterocycles. The lowest BCUT2D eigenvalue weighted by atomic mass is 10.0. The zero-order valence-corrected chi connectivity index (χ0v) is 10.2. The Bertz CT molecular complexity index is 517. The maximum atomic E-state index is 12.8. The van der Waals surface area contributed by atoms with E-state index < -0.39 is 0 Å². The summed E-state index contributed by atoms with van der Waals surface area (Å²) in [7, 11) is 0. The number of rotatable bonds is 5. The molecular formula is C16H16FN. The van der Waals surface area contributed by atoms with Gasteiger partial charge in [0.1, 0.15) is 5.82 Å². The monoisotopic (exact) mass is 241 g/mol. The van der Waals surface area contributed by atoms with Gasteiger partial charge in [-0.15, -0.1) is 6.58 Å². The van der Waals surface area contributed by atoms with E-state index in [4.69, 9.17) is 0 Å². The molecular weight excluding hydrogens is 225 g/mol. The number of hydrogen-bond donors (Lipinski definition) is 1. The second-order valence-corrected chi connectivity index (χ2v) is 4.12. The standard InChI is InChI=1S/C16H16FN/c1-2-5-13-6-3-4-7-14(13)12-18-16-10-8-15(17)9-11-16/h2-4,6-11,18H,1,5,12H2. The predicted molar refractivity (Wildman–Crippen MR) is 74.1 cm³/mol. The summed E-state index contributed by atoms with van der Waals surface area (Å²) in [6, 6.07) is 14.6. The molecule has 0 aliphatic heterocycles. The van der Waals surface area contributed by atoms with Crippen LogP contribution in [0.5, 0.6) is 0 Å². The minimum absolute atomic E-state index is 0.215. The van der Waals surface area contributed by atoms with E-state index in [1.165, 1.54) is 23.3 Å². The van der Waals surface area contributed by atoms with Crippen molar-refractivity contribution >= 4 is 5.69 Å². The molecule has 1 nitrogen and oxygen atoms in total. The lowest BCUT2D eigenvalue weighted by Crippen LogP contribution is -2.02. The van der Waals surface area contributed by atoms with Crippen molar-refractivity contribution in [1.29, 1.82) is 0 Å². The van der Waals surface area contributed by atoms with Crippen LogP contribution in [0.1, 0.15) is 11.1 Å². The van der Waals surface area contributed by atoms with Crippen molar-refractivity contribution in [1.82, 2.24) is 0 Å². The first-order valence-corrected chi connectivity index (χ1v) is 5.96. The van der Waals surface area contributed by atoms with Crippen LogP contribution in [0.2, 0.25) is 0 Å². The van der Waals surface area contributed by atoms with Crippen LogP contribution in [-0.4, -0.2) is 0 Å². The fraction of sp³-hybridized carbons (Fsp3) is 0.125. The van der Waals surface area contributed by atoms with Crippen LogP contribution in [-0.2, 0) is 13.0 Å². The van der Waals surface area contributed by atoms with Crippen molar-refractivity contribution in [2.45, 2.75) is 13.0 Å². The highest BCUT2D eigenvalue weighted by Gasteiger charge is 2.00. The normalized spacial score (nSPS) is 10.1. The molecule has 0 atom stereocenters. The highest BCUT2D eigenvalue weighted by atomic mass is 19.1. The van der Waals surface area contributed by atoms with E-state index in [1.807, 2.05) is 18.2 Å². The van der Waals surface area contributed by atoms with Crippen LogP contribution in [0.15, 0.2) is 61.2 Å². The second kappa shape index (κ2) is 6.01. The number of halogens is 1. The first-order valence-electron chi connectivity index (χ1n) is 5.96. The van der Waals surface area contributed by atoms with Gasteiger partial charge in [0, 0.05) is 12.2 Å². The molecule has 0 unspecified atom stereocenters. The molecule has 2 heteroatoms. The number of hydrogen-bond acceptors (Lipinski definition) is 1. The third kappa shape index (κ3) is 3.20. The summed E-state index contributed by atoms with van der Waals surface area (Å²) in [6.45, 7) is 4.49. The Morgan fingerprint density at radius 2 is 1.67 bits per heavy atom. The molecule has 2 aromatic rings. The topological polar surface area (TPSA) is 12.0 Å². The van der Waals surface area contributed by atoms with E-state index in [1.54, 1.807) is 12.1 Å². The molecule has 0 amide bonds. The third-order valence-electron chi connectivity index (χ3n) is 2.81.